The zero-order chi connectivity index (χ0) is 13.7. The van der Waals surface area contributed by atoms with Crippen molar-refractivity contribution in [2.24, 2.45) is 5.92 Å². The Morgan fingerprint density at radius 3 is 2.68 bits per heavy atom. The maximum absolute atomic E-state index is 3.67. The van der Waals surface area contributed by atoms with Gasteiger partial charge in [-0.05, 0) is 23.5 Å². The average Bonchev–Trinajstić information content (AvgIpc) is 2.47. The Balaban J connectivity index is 1.98. The zero-order valence-electron chi connectivity index (χ0n) is 12.7. The van der Waals surface area contributed by atoms with Crippen LogP contribution in [0.15, 0.2) is 24.3 Å². The van der Waals surface area contributed by atoms with Crippen molar-refractivity contribution in [3.8, 4) is 0 Å². The van der Waals surface area contributed by atoms with Crippen molar-refractivity contribution in [1.29, 1.82) is 0 Å². The van der Waals surface area contributed by atoms with E-state index < -0.39 is 0 Å². The molecular weight excluding hydrogens is 232 g/mol. The van der Waals surface area contributed by atoms with Crippen molar-refractivity contribution in [2.75, 3.05) is 19.6 Å². The molecule has 1 aliphatic rings. The average molecular weight is 260 g/mol. The van der Waals surface area contributed by atoms with E-state index in [9.17, 15) is 0 Å². The molecule has 2 atom stereocenters. The van der Waals surface area contributed by atoms with Crippen LogP contribution in [0.5, 0.6) is 0 Å². The summed E-state index contributed by atoms with van der Waals surface area (Å²) < 4.78 is 0. The van der Waals surface area contributed by atoms with E-state index in [0.29, 0.717) is 6.04 Å². The number of nitrogens with zero attached hydrogens (tertiary/aromatic N) is 1. The minimum atomic E-state index is 0.660. The SMILES string of the molecule is CCc1ccccc1CN1CCNC(C(C)CC)C1. The molecule has 2 nitrogen and oxygen atoms in total. The van der Waals surface area contributed by atoms with Crippen LogP contribution in [0.3, 0.4) is 0 Å². The van der Waals surface area contributed by atoms with Gasteiger partial charge in [-0.2, -0.15) is 0 Å². The highest BCUT2D eigenvalue weighted by molar-refractivity contribution is 5.27. The van der Waals surface area contributed by atoms with E-state index in [1.807, 2.05) is 0 Å². The van der Waals surface area contributed by atoms with Crippen LogP contribution < -0.4 is 5.32 Å². The van der Waals surface area contributed by atoms with Crippen LogP contribution >= 0.6 is 0 Å². The molecule has 106 valence electrons. The number of rotatable bonds is 5. The third-order valence-electron chi connectivity index (χ3n) is 4.51. The topological polar surface area (TPSA) is 15.3 Å². The molecule has 1 heterocycles. The van der Waals surface area contributed by atoms with Crippen LogP contribution in [0.4, 0.5) is 0 Å². The lowest BCUT2D eigenvalue weighted by Gasteiger charge is -2.36. The number of hydrogen-bond donors (Lipinski definition) is 1. The molecule has 19 heavy (non-hydrogen) atoms. The Hall–Kier alpha value is -0.860. The van der Waals surface area contributed by atoms with Crippen molar-refractivity contribution in [1.82, 2.24) is 10.2 Å². The summed E-state index contributed by atoms with van der Waals surface area (Å²) in [6, 6.07) is 9.54. The highest BCUT2D eigenvalue weighted by Crippen LogP contribution is 2.17. The molecule has 2 unspecified atom stereocenters. The van der Waals surface area contributed by atoms with Gasteiger partial charge in [0.1, 0.15) is 0 Å². The van der Waals surface area contributed by atoms with E-state index in [0.717, 1.165) is 25.4 Å². The summed E-state index contributed by atoms with van der Waals surface area (Å²) in [5, 5.41) is 3.67. The Labute approximate surface area is 118 Å². The first kappa shape index (κ1) is 14.5. The Morgan fingerprint density at radius 1 is 1.26 bits per heavy atom. The van der Waals surface area contributed by atoms with Gasteiger partial charge in [0.15, 0.2) is 0 Å². The second-order valence-electron chi connectivity index (χ2n) is 5.80. The van der Waals surface area contributed by atoms with Crippen molar-refractivity contribution in [2.45, 2.75) is 46.2 Å². The first-order valence-electron chi connectivity index (χ1n) is 7.77. The third-order valence-corrected chi connectivity index (χ3v) is 4.51. The molecular formula is C17H28N2. The van der Waals surface area contributed by atoms with Crippen molar-refractivity contribution in [3.63, 3.8) is 0 Å². The summed E-state index contributed by atoms with van der Waals surface area (Å²) in [6.07, 6.45) is 2.40. The molecule has 0 saturated carbocycles. The summed E-state index contributed by atoms with van der Waals surface area (Å²) in [5.74, 6) is 0.768. The number of piperazine rings is 1. The molecule has 1 saturated heterocycles. The standard InChI is InChI=1S/C17H28N2/c1-4-14(3)17-13-19(11-10-18-17)12-16-9-7-6-8-15(16)5-2/h6-9,14,17-18H,4-5,10-13H2,1-3H3. The summed E-state index contributed by atoms with van der Waals surface area (Å²) in [6.45, 7) is 11.5. The van der Waals surface area contributed by atoms with Gasteiger partial charge in [-0.3, -0.25) is 4.90 Å². The van der Waals surface area contributed by atoms with E-state index in [4.69, 9.17) is 0 Å². The van der Waals surface area contributed by atoms with Gasteiger partial charge in [0.2, 0.25) is 0 Å². The Kier molecular flexibility index (Phi) is 5.41. The van der Waals surface area contributed by atoms with Gasteiger partial charge in [-0.15, -0.1) is 0 Å². The normalized spacial score (nSPS) is 22.4. The van der Waals surface area contributed by atoms with Crippen LogP contribution in [0, 0.1) is 5.92 Å². The second-order valence-corrected chi connectivity index (χ2v) is 5.80. The lowest BCUT2D eigenvalue weighted by molar-refractivity contribution is 0.162. The maximum atomic E-state index is 3.67. The minimum Gasteiger partial charge on any atom is -0.311 e. The van der Waals surface area contributed by atoms with Gasteiger partial charge in [0.05, 0.1) is 0 Å². The molecule has 0 bridgehead atoms. The molecule has 0 aliphatic carbocycles. The molecule has 1 N–H and O–H groups in total. The lowest BCUT2D eigenvalue weighted by atomic mass is 9.96. The molecule has 1 aliphatic heterocycles. The zero-order valence-corrected chi connectivity index (χ0v) is 12.7. The first-order valence-corrected chi connectivity index (χ1v) is 7.77. The summed E-state index contributed by atoms with van der Waals surface area (Å²) >= 11 is 0. The van der Waals surface area contributed by atoms with E-state index >= 15 is 0 Å². The fourth-order valence-electron chi connectivity index (χ4n) is 2.95. The fraction of sp³-hybridized carbons (Fsp3) is 0.647. The number of aryl methyl sites for hydroxylation is 1. The number of hydrogen-bond acceptors (Lipinski definition) is 2. The molecule has 2 heteroatoms. The van der Waals surface area contributed by atoms with Crippen LogP contribution in [-0.4, -0.2) is 30.6 Å². The molecule has 2 rings (SSSR count). The summed E-state index contributed by atoms with van der Waals surface area (Å²) in [7, 11) is 0. The molecule has 0 radical (unpaired) electrons. The quantitative estimate of drug-likeness (QED) is 0.875. The van der Waals surface area contributed by atoms with Gasteiger partial charge in [-0.1, -0.05) is 51.5 Å². The highest BCUT2D eigenvalue weighted by Gasteiger charge is 2.23. The van der Waals surface area contributed by atoms with Crippen molar-refractivity contribution in [3.05, 3.63) is 35.4 Å². The van der Waals surface area contributed by atoms with Gasteiger partial charge in [0, 0.05) is 32.2 Å². The van der Waals surface area contributed by atoms with E-state index in [-0.39, 0.29) is 0 Å². The Morgan fingerprint density at radius 2 is 2.00 bits per heavy atom. The van der Waals surface area contributed by atoms with E-state index in [1.54, 1.807) is 0 Å². The molecule has 1 aromatic rings. The molecule has 1 aromatic carbocycles. The van der Waals surface area contributed by atoms with Gasteiger partial charge in [-0.25, -0.2) is 0 Å². The number of benzene rings is 1. The monoisotopic (exact) mass is 260 g/mol. The van der Waals surface area contributed by atoms with Crippen LogP contribution in [0.25, 0.3) is 0 Å². The smallest absolute Gasteiger partial charge is 0.0237 e. The summed E-state index contributed by atoms with van der Waals surface area (Å²) in [4.78, 5) is 2.61. The second kappa shape index (κ2) is 7.06. The predicted octanol–water partition coefficient (Wildman–Crippen LogP) is 3.07. The minimum absolute atomic E-state index is 0.660. The lowest BCUT2D eigenvalue weighted by Crippen LogP contribution is -2.52. The fourth-order valence-corrected chi connectivity index (χ4v) is 2.95. The van der Waals surface area contributed by atoms with E-state index in [1.165, 1.54) is 30.6 Å². The number of nitrogens with one attached hydrogen (secondary N) is 1. The molecule has 0 spiro atoms. The third kappa shape index (κ3) is 3.80. The molecule has 0 amide bonds. The first-order chi connectivity index (χ1) is 9.24. The van der Waals surface area contributed by atoms with Gasteiger partial charge in [0.25, 0.3) is 0 Å². The largest absolute Gasteiger partial charge is 0.311 e. The van der Waals surface area contributed by atoms with Crippen molar-refractivity contribution >= 4 is 0 Å². The highest BCUT2D eigenvalue weighted by atomic mass is 15.2. The maximum Gasteiger partial charge on any atom is 0.0237 e. The van der Waals surface area contributed by atoms with Gasteiger partial charge >= 0.3 is 0 Å². The summed E-state index contributed by atoms with van der Waals surface area (Å²) in [5.41, 5.74) is 3.01. The van der Waals surface area contributed by atoms with Crippen LogP contribution in [0.2, 0.25) is 0 Å². The van der Waals surface area contributed by atoms with Crippen molar-refractivity contribution < 1.29 is 0 Å². The van der Waals surface area contributed by atoms with Crippen LogP contribution in [0.1, 0.15) is 38.3 Å². The van der Waals surface area contributed by atoms with Crippen LogP contribution in [-0.2, 0) is 13.0 Å². The van der Waals surface area contributed by atoms with E-state index in [2.05, 4.69) is 55.3 Å². The molecule has 1 fully saturated rings. The Bertz CT molecular complexity index is 389. The van der Waals surface area contributed by atoms with Gasteiger partial charge < -0.3 is 5.32 Å². The molecule has 0 aromatic heterocycles. The predicted molar refractivity (Wildman–Crippen MR) is 82.3 cm³/mol.